The van der Waals surface area contributed by atoms with Crippen molar-refractivity contribution in [3.63, 3.8) is 0 Å². The van der Waals surface area contributed by atoms with Crippen LogP contribution in [0.5, 0.6) is 17.2 Å². The zero-order valence-electron chi connectivity index (χ0n) is 16.3. The first-order chi connectivity index (χ1) is 14.5. The van der Waals surface area contributed by atoms with Crippen molar-refractivity contribution in [2.75, 3.05) is 24.5 Å². The van der Waals surface area contributed by atoms with Gasteiger partial charge in [-0.15, -0.1) is 5.10 Å². The van der Waals surface area contributed by atoms with Gasteiger partial charge in [0, 0.05) is 17.4 Å². The van der Waals surface area contributed by atoms with E-state index in [2.05, 4.69) is 20.9 Å². The van der Waals surface area contributed by atoms with Crippen LogP contribution in [0.4, 0.5) is 11.4 Å². The summed E-state index contributed by atoms with van der Waals surface area (Å²) >= 11 is 0. The van der Waals surface area contributed by atoms with Crippen molar-refractivity contribution in [2.45, 2.75) is 13.5 Å². The lowest BCUT2D eigenvalue weighted by Crippen LogP contribution is -2.21. The Morgan fingerprint density at radius 2 is 1.80 bits per heavy atom. The summed E-state index contributed by atoms with van der Waals surface area (Å²) in [6.07, 6.45) is 0. The second kappa shape index (κ2) is 8.11. The highest BCUT2D eigenvalue weighted by Gasteiger charge is 2.19. The molecule has 1 aliphatic heterocycles. The van der Waals surface area contributed by atoms with Crippen LogP contribution >= 0.6 is 0 Å². The number of nitrogens with zero attached hydrogens (tertiary/aromatic N) is 3. The predicted molar refractivity (Wildman–Crippen MR) is 107 cm³/mol. The highest BCUT2D eigenvalue weighted by atomic mass is 16.7. The van der Waals surface area contributed by atoms with Gasteiger partial charge in [-0.05, 0) is 43.3 Å². The molecule has 154 valence electrons. The van der Waals surface area contributed by atoms with Crippen molar-refractivity contribution in [2.24, 2.45) is 0 Å². The minimum atomic E-state index is -0.417. The Balaban J connectivity index is 1.39. The molecule has 2 heterocycles. The predicted octanol–water partition coefficient (Wildman–Crippen LogP) is 2.21. The number of benzene rings is 2. The fraction of sp³-hybridized carbons (Fsp3) is 0.200. The third-order valence-corrected chi connectivity index (χ3v) is 4.50. The molecule has 4 rings (SSSR count). The van der Waals surface area contributed by atoms with Crippen molar-refractivity contribution in [1.82, 2.24) is 15.0 Å². The molecule has 0 radical (unpaired) electrons. The van der Waals surface area contributed by atoms with Gasteiger partial charge in [0.1, 0.15) is 12.3 Å². The van der Waals surface area contributed by atoms with Gasteiger partial charge in [-0.1, -0.05) is 5.21 Å². The molecule has 0 saturated heterocycles. The van der Waals surface area contributed by atoms with E-state index in [0.29, 0.717) is 34.3 Å². The SMILES string of the molecule is COc1ccc(NC(=O)c2nnn(CC(=O)Nc3ccc4c(c3)OCO4)c2C)cc1. The lowest BCUT2D eigenvalue weighted by atomic mass is 10.2. The number of aromatic nitrogens is 3. The number of carbonyl (C=O) groups excluding carboxylic acids is 2. The Hall–Kier alpha value is -4.08. The van der Waals surface area contributed by atoms with E-state index in [1.807, 2.05) is 0 Å². The molecule has 0 fully saturated rings. The largest absolute Gasteiger partial charge is 0.497 e. The molecule has 10 nitrogen and oxygen atoms in total. The number of ether oxygens (including phenoxy) is 3. The van der Waals surface area contributed by atoms with E-state index >= 15 is 0 Å². The number of anilines is 2. The molecule has 2 aromatic carbocycles. The zero-order chi connectivity index (χ0) is 21.1. The van der Waals surface area contributed by atoms with Crippen LogP contribution in [0.15, 0.2) is 42.5 Å². The van der Waals surface area contributed by atoms with Gasteiger partial charge in [0.05, 0.1) is 12.8 Å². The lowest BCUT2D eigenvalue weighted by Gasteiger charge is -2.08. The van der Waals surface area contributed by atoms with E-state index in [1.54, 1.807) is 56.5 Å². The molecular formula is C20H19N5O5. The van der Waals surface area contributed by atoms with Crippen molar-refractivity contribution in [3.05, 3.63) is 53.9 Å². The molecule has 10 heteroatoms. The van der Waals surface area contributed by atoms with Crippen LogP contribution < -0.4 is 24.8 Å². The number of hydrogen-bond donors (Lipinski definition) is 2. The van der Waals surface area contributed by atoms with E-state index in [4.69, 9.17) is 14.2 Å². The van der Waals surface area contributed by atoms with Crippen LogP contribution in [-0.2, 0) is 11.3 Å². The van der Waals surface area contributed by atoms with Crippen molar-refractivity contribution < 1.29 is 23.8 Å². The van der Waals surface area contributed by atoms with Gasteiger partial charge < -0.3 is 24.8 Å². The van der Waals surface area contributed by atoms with Crippen LogP contribution in [-0.4, -0.2) is 40.7 Å². The van der Waals surface area contributed by atoms with Crippen molar-refractivity contribution >= 4 is 23.2 Å². The smallest absolute Gasteiger partial charge is 0.278 e. The molecule has 3 aromatic rings. The molecule has 0 unspecified atom stereocenters. The fourth-order valence-corrected chi connectivity index (χ4v) is 2.90. The minimum absolute atomic E-state index is 0.0942. The molecule has 1 aliphatic rings. The normalized spacial score (nSPS) is 11.8. The third kappa shape index (κ3) is 4.02. The Morgan fingerprint density at radius 1 is 1.07 bits per heavy atom. The third-order valence-electron chi connectivity index (χ3n) is 4.50. The van der Waals surface area contributed by atoms with Gasteiger partial charge in [-0.25, -0.2) is 4.68 Å². The molecule has 0 spiro atoms. The zero-order valence-corrected chi connectivity index (χ0v) is 16.3. The maximum absolute atomic E-state index is 12.5. The van der Waals surface area contributed by atoms with E-state index < -0.39 is 5.91 Å². The molecular weight excluding hydrogens is 390 g/mol. The summed E-state index contributed by atoms with van der Waals surface area (Å²) in [6.45, 7) is 1.74. The lowest BCUT2D eigenvalue weighted by molar-refractivity contribution is -0.117. The van der Waals surface area contributed by atoms with Gasteiger partial charge in [0.15, 0.2) is 17.2 Å². The molecule has 2 N–H and O–H groups in total. The molecule has 1 aromatic heterocycles. The molecule has 30 heavy (non-hydrogen) atoms. The van der Waals surface area contributed by atoms with E-state index in [9.17, 15) is 9.59 Å². The average molecular weight is 409 g/mol. The number of rotatable bonds is 6. The van der Waals surface area contributed by atoms with Crippen LogP contribution in [0, 0.1) is 6.92 Å². The highest BCUT2D eigenvalue weighted by Crippen LogP contribution is 2.34. The standard InChI is InChI=1S/C20H19N5O5/c1-12-19(20(27)22-13-3-6-15(28-2)7-4-13)23-24-25(12)10-18(26)21-14-5-8-16-17(9-14)30-11-29-16/h3-9H,10-11H2,1-2H3,(H,21,26)(H,22,27). The summed E-state index contributed by atoms with van der Waals surface area (Å²) < 4.78 is 17.0. The Morgan fingerprint density at radius 3 is 2.57 bits per heavy atom. The van der Waals surface area contributed by atoms with Gasteiger partial charge >= 0.3 is 0 Å². The molecule has 0 atom stereocenters. The molecule has 2 amide bonds. The van der Waals surface area contributed by atoms with E-state index in [0.717, 1.165) is 0 Å². The summed E-state index contributed by atoms with van der Waals surface area (Å²) in [7, 11) is 1.57. The number of hydrogen-bond acceptors (Lipinski definition) is 7. The van der Waals surface area contributed by atoms with Crippen molar-refractivity contribution in [3.8, 4) is 17.2 Å². The first kappa shape index (κ1) is 19.2. The monoisotopic (exact) mass is 409 g/mol. The van der Waals surface area contributed by atoms with Crippen LogP contribution in [0.1, 0.15) is 16.2 Å². The molecule has 0 bridgehead atoms. The highest BCUT2D eigenvalue weighted by molar-refractivity contribution is 6.03. The Kier molecular flexibility index (Phi) is 5.21. The molecule has 0 aliphatic carbocycles. The van der Waals surface area contributed by atoms with Gasteiger partial charge in [-0.2, -0.15) is 0 Å². The summed E-state index contributed by atoms with van der Waals surface area (Å²) in [5, 5.41) is 13.3. The Bertz CT molecular complexity index is 1090. The maximum Gasteiger partial charge on any atom is 0.278 e. The van der Waals surface area contributed by atoms with Gasteiger partial charge in [0.2, 0.25) is 12.7 Å². The second-order valence-electron chi connectivity index (χ2n) is 6.48. The second-order valence-corrected chi connectivity index (χ2v) is 6.48. The van der Waals surface area contributed by atoms with E-state index in [-0.39, 0.29) is 24.9 Å². The first-order valence-electron chi connectivity index (χ1n) is 9.08. The van der Waals surface area contributed by atoms with Gasteiger partial charge in [0.25, 0.3) is 5.91 Å². The number of nitrogens with one attached hydrogen (secondary N) is 2. The number of amides is 2. The van der Waals surface area contributed by atoms with Crippen LogP contribution in [0.2, 0.25) is 0 Å². The summed E-state index contributed by atoms with van der Waals surface area (Å²) in [4.78, 5) is 24.9. The first-order valence-corrected chi connectivity index (χ1v) is 9.08. The van der Waals surface area contributed by atoms with Crippen LogP contribution in [0.3, 0.4) is 0 Å². The molecule has 0 saturated carbocycles. The van der Waals surface area contributed by atoms with Gasteiger partial charge in [-0.3, -0.25) is 9.59 Å². The number of fused-ring (bicyclic) bond motifs is 1. The maximum atomic E-state index is 12.5. The van der Waals surface area contributed by atoms with Crippen LogP contribution in [0.25, 0.3) is 0 Å². The summed E-state index contributed by atoms with van der Waals surface area (Å²) in [5.41, 5.74) is 1.78. The number of methoxy groups -OCH3 is 1. The van der Waals surface area contributed by atoms with E-state index in [1.165, 1.54) is 4.68 Å². The fourth-order valence-electron chi connectivity index (χ4n) is 2.90. The summed E-state index contributed by atoms with van der Waals surface area (Å²) in [6, 6.07) is 12.0. The quantitative estimate of drug-likeness (QED) is 0.641. The summed E-state index contributed by atoms with van der Waals surface area (Å²) in [5.74, 6) is 1.16. The topological polar surface area (TPSA) is 117 Å². The Labute approximate surface area is 171 Å². The van der Waals surface area contributed by atoms with Crippen molar-refractivity contribution in [1.29, 1.82) is 0 Å². The minimum Gasteiger partial charge on any atom is -0.497 e. The number of carbonyl (C=O) groups is 2. The average Bonchev–Trinajstić information content (AvgIpc) is 3.35.